The Hall–Kier alpha value is -3.32. The standard InChI is InChI=1S/C20H16N4O2S/c1-12-2-6-15(7-3-12)27-18-9-4-13(11-22-18)19-23-16-8-5-14(26-20(21)25)10-17(16)24-19/h2-11H,1H3,(H2,21,25)(H,23,24). The van der Waals surface area contributed by atoms with E-state index in [9.17, 15) is 4.79 Å². The van der Waals surface area contributed by atoms with Crippen molar-refractivity contribution in [2.45, 2.75) is 16.8 Å². The van der Waals surface area contributed by atoms with E-state index in [1.54, 1.807) is 36.2 Å². The van der Waals surface area contributed by atoms with Gasteiger partial charge in [-0.1, -0.05) is 29.5 Å². The monoisotopic (exact) mass is 376 g/mol. The van der Waals surface area contributed by atoms with E-state index in [1.165, 1.54) is 5.56 Å². The predicted octanol–water partition coefficient (Wildman–Crippen LogP) is 4.54. The van der Waals surface area contributed by atoms with Crippen molar-refractivity contribution in [1.82, 2.24) is 15.0 Å². The number of rotatable bonds is 4. The predicted molar refractivity (Wildman–Crippen MR) is 105 cm³/mol. The fraction of sp³-hybridized carbons (Fsp3) is 0.0500. The van der Waals surface area contributed by atoms with Gasteiger partial charge in [0.1, 0.15) is 16.6 Å². The van der Waals surface area contributed by atoms with Crippen LogP contribution in [0.4, 0.5) is 4.79 Å². The molecule has 2 aromatic carbocycles. The van der Waals surface area contributed by atoms with E-state index < -0.39 is 6.09 Å². The molecule has 0 saturated heterocycles. The highest BCUT2D eigenvalue weighted by Gasteiger charge is 2.09. The van der Waals surface area contributed by atoms with Gasteiger partial charge in [0.2, 0.25) is 0 Å². The minimum Gasteiger partial charge on any atom is -0.410 e. The molecule has 0 bridgehead atoms. The number of hydrogen-bond acceptors (Lipinski definition) is 5. The number of nitrogens with zero attached hydrogens (tertiary/aromatic N) is 2. The number of primary amides is 1. The lowest BCUT2D eigenvalue weighted by Gasteiger charge is -2.02. The zero-order valence-corrected chi connectivity index (χ0v) is 15.3. The van der Waals surface area contributed by atoms with E-state index in [1.807, 2.05) is 12.1 Å². The SMILES string of the molecule is Cc1ccc(Sc2ccc(-c3nc4cc(OC(N)=O)ccc4[nH]3)cn2)cc1. The summed E-state index contributed by atoms with van der Waals surface area (Å²) in [5, 5.41) is 0.913. The summed E-state index contributed by atoms with van der Waals surface area (Å²) < 4.78 is 4.89. The zero-order chi connectivity index (χ0) is 18.8. The molecular formula is C20H16N4O2S. The van der Waals surface area contributed by atoms with Crippen molar-refractivity contribution < 1.29 is 9.53 Å². The number of aromatic nitrogens is 3. The number of aryl methyl sites for hydroxylation is 1. The molecule has 0 saturated carbocycles. The van der Waals surface area contributed by atoms with E-state index in [0.717, 1.165) is 21.0 Å². The highest BCUT2D eigenvalue weighted by molar-refractivity contribution is 7.99. The first-order valence-electron chi connectivity index (χ1n) is 8.25. The first-order valence-corrected chi connectivity index (χ1v) is 9.06. The van der Waals surface area contributed by atoms with Gasteiger partial charge in [0.05, 0.1) is 11.0 Å². The lowest BCUT2D eigenvalue weighted by Crippen LogP contribution is -2.16. The van der Waals surface area contributed by atoms with Crippen molar-refractivity contribution >= 4 is 28.9 Å². The van der Waals surface area contributed by atoms with Gasteiger partial charge in [-0.3, -0.25) is 0 Å². The van der Waals surface area contributed by atoms with Gasteiger partial charge >= 0.3 is 6.09 Å². The summed E-state index contributed by atoms with van der Waals surface area (Å²) in [4.78, 5) is 24.3. The fourth-order valence-corrected chi connectivity index (χ4v) is 3.36. The van der Waals surface area contributed by atoms with E-state index in [4.69, 9.17) is 10.5 Å². The van der Waals surface area contributed by atoms with E-state index in [-0.39, 0.29) is 0 Å². The second-order valence-corrected chi connectivity index (χ2v) is 7.08. The minimum atomic E-state index is -0.851. The molecule has 0 fully saturated rings. The molecule has 0 aliphatic heterocycles. The molecule has 0 aliphatic rings. The van der Waals surface area contributed by atoms with Crippen LogP contribution in [0.25, 0.3) is 22.4 Å². The van der Waals surface area contributed by atoms with Crippen molar-refractivity contribution in [2.24, 2.45) is 5.73 Å². The average Bonchev–Trinajstić information content (AvgIpc) is 3.07. The van der Waals surface area contributed by atoms with E-state index in [2.05, 4.69) is 46.1 Å². The molecule has 27 heavy (non-hydrogen) atoms. The summed E-state index contributed by atoms with van der Waals surface area (Å²) in [6, 6.07) is 17.4. The Kier molecular flexibility index (Phi) is 4.52. The Bertz CT molecular complexity index is 1110. The van der Waals surface area contributed by atoms with Crippen LogP contribution in [0, 0.1) is 6.92 Å². The molecule has 6 nitrogen and oxygen atoms in total. The number of H-pyrrole nitrogens is 1. The number of benzene rings is 2. The van der Waals surface area contributed by atoms with Crippen molar-refractivity contribution in [2.75, 3.05) is 0 Å². The molecule has 0 unspecified atom stereocenters. The Morgan fingerprint density at radius 1 is 1.11 bits per heavy atom. The maximum Gasteiger partial charge on any atom is 0.409 e. The summed E-state index contributed by atoms with van der Waals surface area (Å²) >= 11 is 1.61. The van der Waals surface area contributed by atoms with Gasteiger partial charge in [-0.2, -0.15) is 0 Å². The normalized spacial score (nSPS) is 10.9. The Balaban J connectivity index is 1.56. The average molecular weight is 376 g/mol. The number of carbonyl (C=O) groups excluding carboxylic acids is 1. The smallest absolute Gasteiger partial charge is 0.409 e. The van der Waals surface area contributed by atoms with Crippen LogP contribution in [0.1, 0.15) is 5.56 Å². The molecule has 2 aromatic heterocycles. The van der Waals surface area contributed by atoms with Gasteiger partial charge in [0, 0.05) is 22.7 Å². The summed E-state index contributed by atoms with van der Waals surface area (Å²) in [7, 11) is 0. The topological polar surface area (TPSA) is 93.9 Å². The molecular weight excluding hydrogens is 360 g/mol. The molecule has 0 spiro atoms. The van der Waals surface area contributed by atoms with Crippen LogP contribution in [0.2, 0.25) is 0 Å². The molecule has 0 aliphatic carbocycles. The third kappa shape index (κ3) is 3.93. The van der Waals surface area contributed by atoms with Crippen molar-refractivity contribution in [3.05, 3.63) is 66.4 Å². The molecule has 4 aromatic rings. The molecule has 1 amide bonds. The number of pyridine rings is 1. The lowest BCUT2D eigenvalue weighted by molar-refractivity contribution is 0.211. The van der Waals surface area contributed by atoms with Gasteiger partial charge in [-0.25, -0.2) is 14.8 Å². The van der Waals surface area contributed by atoms with Crippen LogP contribution in [0.5, 0.6) is 5.75 Å². The number of hydrogen-bond donors (Lipinski definition) is 2. The Morgan fingerprint density at radius 3 is 2.63 bits per heavy atom. The molecule has 0 radical (unpaired) electrons. The number of fused-ring (bicyclic) bond motifs is 1. The van der Waals surface area contributed by atoms with Gasteiger partial charge in [-0.15, -0.1) is 0 Å². The lowest BCUT2D eigenvalue weighted by atomic mass is 10.2. The van der Waals surface area contributed by atoms with Crippen LogP contribution in [0.15, 0.2) is 70.7 Å². The van der Waals surface area contributed by atoms with Gasteiger partial charge < -0.3 is 15.5 Å². The molecule has 7 heteroatoms. The van der Waals surface area contributed by atoms with Crippen LogP contribution in [-0.2, 0) is 0 Å². The van der Waals surface area contributed by atoms with Crippen LogP contribution in [-0.4, -0.2) is 21.0 Å². The number of amides is 1. The Labute approximate surface area is 159 Å². The Morgan fingerprint density at radius 2 is 1.93 bits per heavy atom. The van der Waals surface area contributed by atoms with Crippen LogP contribution in [0.3, 0.4) is 0 Å². The van der Waals surface area contributed by atoms with Gasteiger partial charge in [-0.05, 0) is 43.3 Å². The van der Waals surface area contributed by atoms with Crippen molar-refractivity contribution in [3.63, 3.8) is 0 Å². The van der Waals surface area contributed by atoms with E-state index in [0.29, 0.717) is 17.1 Å². The van der Waals surface area contributed by atoms with E-state index >= 15 is 0 Å². The maximum atomic E-state index is 10.9. The largest absolute Gasteiger partial charge is 0.410 e. The summed E-state index contributed by atoms with van der Waals surface area (Å²) in [5.41, 5.74) is 8.66. The van der Waals surface area contributed by atoms with Crippen LogP contribution >= 0.6 is 11.8 Å². The number of imidazole rings is 1. The van der Waals surface area contributed by atoms with Gasteiger partial charge in [0.25, 0.3) is 0 Å². The molecule has 3 N–H and O–H groups in total. The van der Waals surface area contributed by atoms with Gasteiger partial charge in [0.15, 0.2) is 0 Å². The first-order chi connectivity index (χ1) is 13.1. The van der Waals surface area contributed by atoms with Crippen LogP contribution < -0.4 is 10.5 Å². The number of aromatic amines is 1. The molecule has 4 rings (SSSR count). The summed E-state index contributed by atoms with van der Waals surface area (Å²) in [6.07, 6.45) is 0.936. The minimum absolute atomic E-state index is 0.357. The highest BCUT2D eigenvalue weighted by Crippen LogP contribution is 2.28. The molecule has 0 atom stereocenters. The highest BCUT2D eigenvalue weighted by atomic mass is 32.2. The zero-order valence-electron chi connectivity index (χ0n) is 14.5. The molecule has 2 heterocycles. The fourth-order valence-electron chi connectivity index (χ4n) is 2.61. The number of carbonyl (C=O) groups is 1. The maximum absolute atomic E-state index is 10.9. The summed E-state index contributed by atoms with van der Waals surface area (Å²) in [5.74, 6) is 1.05. The molecule has 134 valence electrons. The number of nitrogens with one attached hydrogen (secondary N) is 1. The second-order valence-electron chi connectivity index (χ2n) is 5.99. The van der Waals surface area contributed by atoms with Crippen molar-refractivity contribution in [3.8, 4) is 17.1 Å². The third-order valence-corrected chi connectivity index (χ3v) is 4.88. The number of ether oxygens (including phenoxy) is 1. The number of nitrogens with two attached hydrogens (primary N) is 1. The second kappa shape index (κ2) is 7.13. The quantitative estimate of drug-likeness (QED) is 0.545. The van der Waals surface area contributed by atoms with Crippen molar-refractivity contribution in [1.29, 1.82) is 0 Å². The first kappa shape index (κ1) is 17.1. The summed E-state index contributed by atoms with van der Waals surface area (Å²) in [6.45, 7) is 2.07. The third-order valence-electron chi connectivity index (χ3n) is 3.93.